The van der Waals surface area contributed by atoms with Crippen molar-refractivity contribution in [3.63, 3.8) is 0 Å². The third-order valence-electron chi connectivity index (χ3n) is 6.38. The SMILES string of the molecule is CCCCCC1SCC(C(=O)NC(C)CCc2ccccc2)N1C(=O)c1cc(OC)cc(OC)c1. The number of benzene rings is 2. The van der Waals surface area contributed by atoms with Crippen LogP contribution < -0.4 is 14.8 Å². The molecule has 2 aromatic carbocycles. The highest BCUT2D eigenvalue weighted by Gasteiger charge is 2.42. The molecular formula is C28H38N2O4S. The molecule has 3 atom stereocenters. The summed E-state index contributed by atoms with van der Waals surface area (Å²) in [6.07, 6.45) is 5.87. The molecule has 0 aliphatic carbocycles. The molecule has 0 spiro atoms. The summed E-state index contributed by atoms with van der Waals surface area (Å²) in [5, 5.41) is 3.14. The number of nitrogens with one attached hydrogen (secondary N) is 1. The normalized spacial score (nSPS) is 18.2. The Morgan fingerprint density at radius 2 is 1.77 bits per heavy atom. The van der Waals surface area contributed by atoms with Crippen LogP contribution in [0.3, 0.4) is 0 Å². The van der Waals surface area contributed by atoms with Gasteiger partial charge in [0.25, 0.3) is 5.91 Å². The van der Waals surface area contributed by atoms with Crippen molar-refractivity contribution in [2.75, 3.05) is 20.0 Å². The van der Waals surface area contributed by atoms with Crippen LogP contribution in [0.4, 0.5) is 0 Å². The van der Waals surface area contributed by atoms with E-state index in [9.17, 15) is 9.59 Å². The van der Waals surface area contributed by atoms with Crippen LogP contribution in [0.2, 0.25) is 0 Å². The Morgan fingerprint density at radius 1 is 1.09 bits per heavy atom. The van der Waals surface area contributed by atoms with Crippen LogP contribution in [0, 0.1) is 0 Å². The van der Waals surface area contributed by atoms with Crippen LogP contribution in [0.1, 0.15) is 61.9 Å². The number of rotatable bonds is 12. The molecule has 1 aliphatic heterocycles. The van der Waals surface area contributed by atoms with E-state index in [1.165, 1.54) is 5.56 Å². The van der Waals surface area contributed by atoms with Gasteiger partial charge in [0, 0.05) is 23.4 Å². The van der Waals surface area contributed by atoms with Gasteiger partial charge in [-0.15, -0.1) is 11.8 Å². The topological polar surface area (TPSA) is 67.9 Å². The molecule has 190 valence electrons. The summed E-state index contributed by atoms with van der Waals surface area (Å²) >= 11 is 1.70. The van der Waals surface area contributed by atoms with Gasteiger partial charge in [-0.25, -0.2) is 0 Å². The van der Waals surface area contributed by atoms with Gasteiger partial charge in [-0.1, -0.05) is 56.5 Å². The number of amides is 2. The summed E-state index contributed by atoms with van der Waals surface area (Å²) in [6.45, 7) is 4.20. The molecule has 0 aromatic heterocycles. The number of thioether (sulfide) groups is 1. The van der Waals surface area contributed by atoms with E-state index in [0.717, 1.165) is 38.5 Å². The van der Waals surface area contributed by atoms with Crippen molar-refractivity contribution in [1.82, 2.24) is 10.2 Å². The first-order valence-corrected chi connectivity index (χ1v) is 13.5. The van der Waals surface area contributed by atoms with E-state index < -0.39 is 6.04 Å². The Balaban J connectivity index is 1.74. The van der Waals surface area contributed by atoms with Gasteiger partial charge >= 0.3 is 0 Å². The minimum absolute atomic E-state index is 0.0145. The molecule has 1 aliphatic rings. The van der Waals surface area contributed by atoms with E-state index >= 15 is 0 Å². The van der Waals surface area contributed by atoms with Crippen LogP contribution in [0.5, 0.6) is 11.5 Å². The van der Waals surface area contributed by atoms with Gasteiger partial charge in [0.05, 0.1) is 19.6 Å². The molecule has 1 fully saturated rings. The number of nitrogens with zero attached hydrogens (tertiary/aromatic N) is 1. The number of unbranched alkanes of at least 4 members (excludes halogenated alkanes) is 2. The Morgan fingerprint density at radius 3 is 2.40 bits per heavy atom. The van der Waals surface area contributed by atoms with E-state index in [1.54, 1.807) is 49.1 Å². The predicted molar refractivity (Wildman–Crippen MR) is 142 cm³/mol. The summed E-state index contributed by atoms with van der Waals surface area (Å²) in [7, 11) is 3.13. The second-order valence-electron chi connectivity index (χ2n) is 9.05. The number of carbonyl (C=O) groups is 2. The highest BCUT2D eigenvalue weighted by atomic mass is 32.2. The van der Waals surface area contributed by atoms with Crippen molar-refractivity contribution in [2.24, 2.45) is 0 Å². The largest absolute Gasteiger partial charge is 0.497 e. The number of methoxy groups -OCH3 is 2. The Labute approximate surface area is 213 Å². The van der Waals surface area contributed by atoms with Crippen molar-refractivity contribution < 1.29 is 19.1 Å². The molecule has 1 N–H and O–H groups in total. The summed E-state index contributed by atoms with van der Waals surface area (Å²) < 4.78 is 10.7. The number of aryl methyl sites for hydroxylation is 1. The van der Waals surface area contributed by atoms with Crippen LogP contribution >= 0.6 is 11.8 Å². The maximum atomic E-state index is 13.8. The van der Waals surface area contributed by atoms with E-state index in [-0.39, 0.29) is 23.2 Å². The van der Waals surface area contributed by atoms with Crippen LogP contribution in [-0.4, -0.2) is 54.1 Å². The van der Waals surface area contributed by atoms with E-state index in [0.29, 0.717) is 22.8 Å². The maximum absolute atomic E-state index is 13.8. The van der Waals surface area contributed by atoms with E-state index in [1.807, 2.05) is 25.1 Å². The minimum atomic E-state index is -0.504. The van der Waals surface area contributed by atoms with Gasteiger partial charge in [0.15, 0.2) is 0 Å². The molecule has 6 nitrogen and oxygen atoms in total. The van der Waals surface area contributed by atoms with Crippen LogP contribution in [-0.2, 0) is 11.2 Å². The molecule has 3 rings (SSSR count). The molecule has 7 heteroatoms. The first-order valence-electron chi connectivity index (χ1n) is 12.5. The number of hydrogen-bond acceptors (Lipinski definition) is 5. The second-order valence-corrected chi connectivity index (χ2v) is 10.3. The van der Waals surface area contributed by atoms with Gasteiger partial charge in [0.2, 0.25) is 5.91 Å². The summed E-state index contributed by atoms with van der Waals surface area (Å²) in [5.41, 5.74) is 1.73. The van der Waals surface area contributed by atoms with Crippen LogP contribution in [0.25, 0.3) is 0 Å². The molecule has 0 radical (unpaired) electrons. The van der Waals surface area contributed by atoms with Gasteiger partial charge in [-0.05, 0) is 43.9 Å². The first kappa shape index (κ1) is 26.9. The monoisotopic (exact) mass is 498 g/mol. The number of ether oxygens (including phenoxy) is 2. The average Bonchev–Trinajstić information content (AvgIpc) is 3.31. The molecule has 1 heterocycles. The predicted octanol–water partition coefficient (Wildman–Crippen LogP) is 5.31. The average molecular weight is 499 g/mol. The number of hydrogen-bond donors (Lipinski definition) is 1. The van der Waals surface area contributed by atoms with Gasteiger partial charge in [-0.3, -0.25) is 9.59 Å². The fourth-order valence-corrected chi connectivity index (χ4v) is 5.80. The quantitative estimate of drug-likeness (QED) is 0.402. The van der Waals surface area contributed by atoms with Gasteiger partial charge in [0.1, 0.15) is 17.5 Å². The molecule has 0 saturated carbocycles. The maximum Gasteiger partial charge on any atom is 0.255 e. The Bertz CT molecular complexity index is 946. The van der Waals surface area contributed by atoms with Crippen molar-refractivity contribution in [3.05, 3.63) is 59.7 Å². The lowest BCUT2D eigenvalue weighted by molar-refractivity contribution is -0.125. The lowest BCUT2D eigenvalue weighted by Crippen LogP contribution is -2.51. The summed E-state index contributed by atoms with van der Waals surface area (Å²) in [5.74, 6) is 1.46. The van der Waals surface area contributed by atoms with Crippen molar-refractivity contribution >= 4 is 23.6 Å². The molecule has 0 bridgehead atoms. The lowest BCUT2D eigenvalue weighted by atomic mass is 10.1. The smallest absolute Gasteiger partial charge is 0.255 e. The van der Waals surface area contributed by atoms with E-state index in [2.05, 4.69) is 24.4 Å². The molecule has 2 amide bonds. The van der Waals surface area contributed by atoms with Crippen LogP contribution in [0.15, 0.2) is 48.5 Å². The third-order valence-corrected chi connectivity index (χ3v) is 7.74. The fraction of sp³-hybridized carbons (Fsp3) is 0.500. The van der Waals surface area contributed by atoms with Crippen molar-refractivity contribution in [2.45, 2.75) is 69.8 Å². The first-order chi connectivity index (χ1) is 17.0. The van der Waals surface area contributed by atoms with Crippen molar-refractivity contribution in [3.8, 4) is 11.5 Å². The number of carbonyl (C=O) groups excluding carboxylic acids is 2. The molecule has 3 unspecified atom stereocenters. The highest BCUT2D eigenvalue weighted by molar-refractivity contribution is 8.00. The summed E-state index contributed by atoms with van der Waals surface area (Å²) in [6, 6.07) is 15.0. The summed E-state index contributed by atoms with van der Waals surface area (Å²) in [4.78, 5) is 28.9. The van der Waals surface area contributed by atoms with Crippen molar-refractivity contribution in [1.29, 1.82) is 0 Å². The lowest BCUT2D eigenvalue weighted by Gasteiger charge is -2.30. The zero-order valence-corrected chi connectivity index (χ0v) is 22.1. The fourth-order valence-electron chi connectivity index (χ4n) is 4.35. The standard InChI is InChI=1S/C28H38N2O4S/c1-5-6-8-13-26-30(28(32)22-16-23(33-3)18-24(17-22)34-4)25(19-35-26)27(31)29-20(2)14-15-21-11-9-7-10-12-21/h7,9-12,16-18,20,25-26H,5-6,8,13-15,19H2,1-4H3,(H,29,31). The molecular weight excluding hydrogens is 460 g/mol. The minimum Gasteiger partial charge on any atom is -0.497 e. The van der Waals surface area contributed by atoms with E-state index in [4.69, 9.17) is 9.47 Å². The Kier molecular flexibility index (Phi) is 10.3. The zero-order valence-electron chi connectivity index (χ0n) is 21.3. The molecule has 1 saturated heterocycles. The Hall–Kier alpha value is -2.67. The van der Waals surface area contributed by atoms with Gasteiger partial charge in [-0.2, -0.15) is 0 Å². The third kappa shape index (κ3) is 7.40. The zero-order chi connectivity index (χ0) is 25.2. The highest BCUT2D eigenvalue weighted by Crippen LogP contribution is 2.35. The van der Waals surface area contributed by atoms with Gasteiger partial charge < -0.3 is 19.7 Å². The second kappa shape index (κ2) is 13.4. The molecule has 2 aromatic rings. The molecule has 35 heavy (non-hydrogen) atoms.